The topological polar surface area (TPSA) is 90.9 Å². The molecule has 0 aliphatic heterocycles. The van der Waals surface area contributed by atoms with Gasteiger partial charge in [-0.2, -0.15) is 0 Å². The van der Waals surface area contributed by atoms with Crippen LogP contribution in [0.25, 0.3) is 0 Å². The summed E-state index contributed by atoms with van der Waals surface area (Å²) >= 11 is 0. The van der Waals surface area contributed by atoms with Gasteiger partial charge in [-0.1, -0.05) is 6.92 Å². The largest absolute Gasteiger partial charge is 0.469 e. The molecule has 0 saturated heterocycles. The second-order valence-corrected chi connectivity index (χ2v) is 3.51. The van der Waals surface area contributed by atoms with Crippen molar-refractivity contribution in [3.05, 3.63) is 0 Å². The number of esters is 3. The predicted molar refractivity (Wildman–Crippen MR) is 61.7 cm³/mol. The highest BCUT2D eigenvalue weighted by Gasteiger charge is 2.28. The van der Waals surface area contributed by atoms with Gasteiger partial charge in [0, 0.05) is 0 Å². The third-order valence-corrected chi connectivity index (χ3v) is 2.38. The Balaban J connectivity index is 4.70. The minimum Gasteiger partial charge on any atom is -0.469 e. The van der Waals surface area contributed by atoms with Gasteiger partial charge in [-0.15, -0.1) is 0 Å². The average molecular weight is 261 g/mol. The van der Waals surface area contributed by atoms with Gasteiger partial charge in [0.1, 0.15) is 12.1 Å². The Morgan fingerprint density at radius 2 is 1.44 bits per heavy atom. The summed E-state index contributed by atoms with van der Waals surface area (Å²) in [5.41, 5.74) is 0. The van der Waals surface area contributed by atoms with E-state index in [1.165, 1.54) is 21.3 Å². The molecule has 1 N–H and O–H groups in total. The molecule has 0 aliphatic rings. The van der Waals surface area contributed by atoms with E-state index < -0.39 is 30.0 Å². The van der Waals surface area contributed by atoms with Crippen molar-refractivity contribution in [1.29, 1.82) is 0 Å². The summed E-state index contributed by atoms with van der Waals surface area (Å²) in [6.07, 6.45) is 0.206. The highest BCUT2D eigenvalue weighted by molar-refractivity contribution is 5.84. The maximum absolute atomic E-state index is 11.5. The van der Waals surface area contributed by atoms with E-state index in [4.69, 9.17) is 0 Å². The Kier molecular flexibility index (Phi) is 7.69. The van der Waals surface area contributed by atoms with E-state index in [1.54, 1.807) is 6.92 Å². The Labute approximate surface area is 106 Å². The van der Waals surface area contributed by atoms with E-state index >= 15 is 0 Å². The first kappa shape index (κ1) is 16.4. The lowest BCUT2D eigenvalue weighted by Gasteiger charge is -2.20. The second kappa shape index (κ2) is 8.46. The zero-order chi connectivity index (χ0) is 14.1. The molecular weight excluding hydrogens is 242 g/mol. The monoisotopic (exact) mass is 261 g/mol. The first-order chi connectivity index (χ1) is 8.49. The van der Waals surface area contributed by atoms with Gasteiger partial charge in [0.25, 0.3) is 0 Å². The molecule has 0 aromatic heterocycles. The molecule has 2 atom stereocenters. The predicted octanol–water partition coefficient (Wildman–Crippen LogP) is -0.368. The molecule has 0 aromatic carbocycles. The standard InChI is InChI=1S/C11H19NO6/c1-5-7(10(14)17-3)12-8(11(15)18-4)6-9(13)16-2/h7-8,12H,5-6H2,1-4H3. The van der Waals surface area contributed by atoms with E-state index in [-0.39, 0.29) is 6.42 Å². The first-order valence-corrected chi connectivity index (χ1v) is 5.48. The van der Waals surface area contributed by atoms with Crippen LogP contribution < -0.4 is 5.32 Å². The van der Waals surface area contributed by atoms with Crippen molar-refractivity contribution < 1.29 is 28.6 Å². The van der Waals surface area contributed by atoms with Crippen molar-refractivity contribution in [2.24, 2.45) is 0 Å². The van der Waals surface area contributed by atoms with Gasteiger partial charge < -0.3 is 14.2 Å². The summed E-state index contributed by atoms with van der Waals surface area (Å²) in [6.45, 7) is 1.75. The van der Waals surface area contributed by atoms with Crippen LogP contribution in [0.5, 0.6) is 0 Å². The average Bonchev–Trinajstić information content (AvgIpc) is 2.41. The molecule has 2 unspecified atom stereocenters. The maximum Gasteiger partial charge on any atom is 0.323 e. The summed E-state index contributed by atoms with van der Waals surface area (Å²) in [5.74, 6) is -1.71. The Hall–Kier alpha value is -1.63. The lowest BCUT2D eigenvalue weighted by molar-refractivity contribution is -0.151. The fourth-order valence-corrected chi connectivity index (χ4v) is 1.34. The molecule has 0 amide bonds. The molecule has 18 heavy (non-hydrogen) atoms. The minimum atomic E-state index is -0.938. The quantitative estimate of drug-likeness (QED) is 0.494. The molecule has 0 radical (unpaired) electrons. The van der Waals surface area contributed by atoms with Crippen LogP contribution >= 0.6 is 0 Å². The van der Waals surface area contributed by atoms with Crippen LogP contribution in [0.1, 0.15) is 19.8 Å². The van der Waals surface area contributed by atoms with Gasteiger partial charge in [0.05, 0.1) is 27.8 Å². The van der Waals surface area contributed by atoms with E-state index in [1.807, 2.05) is 0 Å². The smallest absolute Gasteiger partial charge is 0.323 e. The zero-order valence-electron chi connectivity index (χ0n) is 11.0. The van der Waals surface area contributed by atoms with Crippen molar-refractivity contribution >= 4 is 17.9 Å². The summed E-state index contributed by atoms with van der Waals surface area (Å²) in [7, 11) is 3.67. The van der Waals surface area contributed by atoms with Crippen LogP contribution in [-0.2, 0) is 28.6 Å². The number of hydrogen-bond donors (Lipinski definition) is 1. The molecule has 0 fully saturated rings. The van der Waals surface area contributed by atoms with Gasteiger partial charge >= 0.3 is 17.9 Å². The maximum atomic E-state index is 11.5. The third-order valence-electron chi connectivity index (χ3n) is 2.38. The zero-order valence-corrected chi connectivity index (χ0v) is 11.0. The summed E-state index contributed by atoms with van der Waals surface area (Å²) in [6, 6.07) is -1.62. The molecule has 0 spiro atoms. The van der Waals surface area contributed by atoms with Crippen LogP contribution in [-0.4, -0.2) is 51.3 Å². The number of carbonyl (C=O) groups is 3. The molecule has 0 aliphatic carbocycles. The van der Waals surface area contributed by atoms with Crippen molar-refractivity contribution in [1.82, 2.24) is 5.32 Å². The summed E-state index contributed by atoms with van der Waals surface area (Å²) in [5, 5.41) is 2.72. The highest BCUT2D eigenvalue weighted by atomic mass is 16.5. The number of nitrogens with one attached hydrogen (secondary N) is 1. The lowest BCUT2D eigenvalue weighted by atomic mass is 10.1. The first-order valence-electron chi connectivity index (χ1n) is 5.48. The number of rotatable bonds is 7. The molecule has 104 valence electrons. The van der Waals surface area contributed by atoms with Crippen molar-refractivity contribution in [3.63, 3.8) is 0 Å². The van der Waals surface area contributed by atoms with Crippen molar-refractivity contribution in [2.75, 3.05) is 21.3 Å². The van der Waals surface area contributed by atoms with Gasteiger partial charge in [-0.05, 0) is 6.42 Å². The molecule has 0 aromatic rings. The van der Waals surface area contributed by atoms with Crippen LogP contribution in [0.15, 0.2) is 0 Å². The Morgan fingerprint density at radius 3 is 1.83 bits per heavy atom. The van der Waals surface area contributed by atoms with E-state index in [2.05, 4.69) is 19.5 Å². The Morgan fingerprint density at radius 1 is 0.944 bits per heavy atom. The molecule has 0 heterocycles. The third kappa shape index (κ3) is 5.13. The fraction of sp³-hybridized carbons (Fsp3) is 0.727. The van der Waals surface area contributed by atoms with Gasteiger partial charge in [-0.3, -0.25) is 19.7 Å². The van der Waals surface area contributed by atoms with E-state index in [0.29, 0.717) is 6.42 Å². The van der Waals surface area contributed by atoms with Gasteiger partial charge in [-0.25, -0.2) is 0 Å². The van der Waals surface area contributed by atoms with Crippen LogP contribution in [0, 0.1) is 0 Å². The van der Waals surface area contributed by atoms with E-state index in [9.17, 15) is 14.4 Å². The molecule has 7 heteroatoms. The molecule has 0 saturated carbocycles. The molecule has 0 rings (SSSR count). The summed E-state index contributed by atoms with van der Waals surface area (Å²) in [4.78, 5) is 34.0. The number of hydrogen-bond acceptors (Lipinski definition) is 7. The van der Waals surface area contributed by atoms with Crippen LogP contribution in [0.3, 0.4) is 0 Å². The number of methoxy groups -OCH3 is 3. The molecular formula is C11H19NO6. The van der Waals surface area contributed by atoms with Crippen LogP contribution in [0.2, 0.25) is 0 Å². The minimum absolute atomic E-state index is 0.212. The normalized spacial score (nSPS) is 13.3. The van der Waals surface area contributed by atoms with Gasteiger partial charge in [0.15, 0.2) is 0 Å². The molecule has 7 nitrogen and oxygen atoms in total. The highest BCUT2D eigenvalue weighted by Crippen LogP contribution is 2.03. The van der Waals surface area contributed by atoms with Crippen LogP contribution in [0.4, 0.5) is 0 Å². The second-order valence-electron chi connectivity index (χ2n) is 3.51. The summed E-state index contributed by atoms with van der Waals surface area (Å²) < 4.78 is 13.6. The fourth-order valence-electron chi connectivity index (χ4n) is 1.34. The van der Waals surface area contributed by atoms with Crippen molar-refractivity contribution in [2.45, 2.75) is 31.8 Å². The SMILES string of the molecule is CCC(NC(CC(=O)OC)C(=O)OC)C(=O)OC. The van der Waals surface area contributed by atoms with Crippen molar-refractivity contribution in [3.8, 4) is 0 Å². The Bertz CT molecular complexity index is 304. The number of carbonyl (C=O) groups excluding carboxylic acids is 3. The van der Waals surface area contributed by atoms with E-state index in [0.717, 1.165) is 0 Å². The van der Waals surface area contributed by atoms with Gasteiger partial charge in [0.2, 0.25) is 0 Å². The molecule has 0 bridgehead atoms. The number of ether oxygens (including phenoxy) is 3. The lowest BCUT2D eigenvalue weighted by Crippen LogP contribution is -2.48.